The first-order valence-electron chi connectivity index (χ1n) is 13.1. The molecular weight excluding hydrogens is 516 g/mol. The SMILES string of the molecule is C[C@H](N(Cc1ccc(F)cc1)C(=O)CN1C(=O)NC2(CCc3c(CN4CCCC4)cccc32)C1=O)C(F)(F)F. The number of halogens is 4. The molecule has 2 saturated heterocycles. The van der Waals surface area contributed by atoms with E-state index >= 15 is 0 Å². The third-order valence-electron chi connectivity index (χ3n) is 8.07. The predicted molar refractivity (Wildman–Crippen MR) is 134 cm³/mol. The highest BCUT2D eigenvalue weighted by Crippen LogP contribution is 2.43. The maximum atomic E-state index is 13.7. The number of rotatable bonds is 7. The summed E-state index contributed by atoms with van der Waals surface area (Å²) in [4.78, 5) is 43.5. The van der Waals surface area contributed by atoms with Gasteiger partial charge in [-0.25, -0.2) is 9.18 Å². The summed E-state index contributed by atoms with van der Waals surface area (Å²) in [6.07, 6.45) is -1.59. The van der Waals surface area contributed by atoms with Gasteiger partial charge in [0.25, 0.3) is 5.91 Å². The minimum absolute atomic E-state index is 0.282. The van der Waals surface area contributed by atoms with Crippen molar-refractivity contribution in [2.45, 2.75) is 63.5 Å². The maximum Gasteiger partial charge on any atom is 0.408 e. The van der Waals surface area contributed by atoms with Crippen molar-refractivity contribution in [3.63, 3.8) is 0 Å². The number of carbonyl (C=O) groups is 3. The third kappa shape index (κ3) is 5.11. The minimum atomic E-state index is -4.75. The number of amides is 4. The van der Waals surface area contributed by atoms with Gasteiger partial charge in [0.05, 0.1) is 0 Å². The number of carbonyl (C=O) groups excluding carboxylic acids is 3. The van der Waals surface area contributed by atoms with Crippen molar-refractivity contribution < 1.29 is 31.9 Å². The van der Waals surface area contributed by atoms with Gasteiger partial charge in [-0.1, -0.05) is 30.3 Å². The Hall–Kier alpha value is -3.47. The third-order valence-corrected chi connectivity index (χ3v) is 8.07. The largest absolute Gasteiger partial charge is 0.408 e. The van der Waals surface area contributed by atoms with E-state index in [9.17, 15) is 31.9 Å². The van der Waals surface area contributed by atoms with E-state index in [0.717, 1.165) is 62.7 Å². The fourth-order valence-corrected chi connectivity index (χ4v) is 5.86. The second-order valence-corrected chi connectivity index (χ2v) is 10.5. The number of fused-ring (bicyclic) bond motifs is 2. The number of nitrogens with one attached hydrogen (secondary N) is 1. The van der Waals surface area contributed by atoms with Crippen molar-refractivity contribution in [2.75, 3.05) is 19.6 Å². The molecule has 7 nitrogen and oxygen atoms in total. The van der Waals surface area contributed by atoms with Gasteiger partial charge in [-0.15, -0.1) is 0 Å². The van der Waals surface area contributed by atoms with Crippen LogP contribution in [-0.4, -0.2) is 64.4 Å². The van der Waals surface area contributed by atoms with E-state index in [1.54, 1.807) is 6.07 Å². The molecule has 39 heavy (non-hydrogen) atoms. The molecule has 2 aromatic rings. The summed E-state index contributed by atoms with van der Waals surface area (Å²) in [5.74, 6) is -2.24. The monoisotopic (exact) mass is 546 g/mol. The van der Waals surface area contributed by atoms with Crippen molar-refractivity contribution in [2.24, 2.45) is 0 Å². The summed E-state index contributed by atoms with van der Waals surface area (Å²) >= 11 is 0. The molecule has 2 aromatic carbocycles. The molecule has 1 N–H and O–H groups in total. The molecule has 1 aliphatic carbocycles. The smallest absolute Gasteiger partial charge is 0.325 e. The lowest BCUT2D eigenvalue weighted by Crippen LogP contribution is -2.51. The molecule has 4 amide bonds. The van der Waals surface area contributed by atoms with Crippen molar-refractivity contribution >= 4 is 17.8 Å². The first-order valence-corrected chi connectivity index (χ1v) is 13.1. The van der Waals surface area contributed by atoms with Gasteiger partial charge in [0.15, 0.2) is 0 Å². The summed E-state index contributed by atoms with van der Waals surface area (Å²) in [7, 11) is 0. The van der Waals surface area contributed by atoms with E-state index in [4.69, 9.17) is 0 Å². The van der Waals surface area contributed by atoms with Crippen LogP contribution < -0.4 is 5.32 Å². The zero-order chi connectivity index (χ0) is 27.9. The van der Waals surface area contributed by atoms with Crippen LogP contribution in [-0.2, 0) is 34.6 Å². The molecule has 0 aromatic heterocycles. The summed E-state index contributed by atoms with van der Waals surface area (Å²) in [6.45, 7) is 2.30. The van der Waals surface area contributed by atoms with Crippen LogP contribution in [0.4, 0.5) is 22.4 Å². The van der Waals surface area contributed by atoms with Crippen LogP contribution in [0.2, 0.25) is 0 Å². The molecule has 2 fully saturated rings. The fourth-order valence-electron chi connectivity index (χ4n) is 5.86. The van der Waals surface area contributed by atoms with Crippen molar-refractivity contribution in [1.82, 2.24) is 20.0 Å². The van der Waals surface area contributed by atoms with Crippen molar-refractivity contribution in [1.29, 1.82) is 0 Å². The molecule has 3 aliphatic rings. The number of hydrogen-bond donors (Lipinski definition) is 1. The normalized spacial score (nSPS) is 21.9. The Balaban J connectivity index is 1.37. The van der Waals surface area contributed by atoms with Gasteiger partial charge in [0.2, 0.25) is 5.91 Å². The average Bonchev–Trinajstić information content (AvgIpc) is 3.59. The number of nitrogens with zero attached hydrogens (tertiary/aromatic N) is 3. The molecule has 1 unspecified atom stereocenters. The van der Waals surface area contributed by atoms with Gasteiger partial charge >= 0.3 is 12.2 Å². The summed E-state index contributed by atoms with van der Waals surface area (Å²) in [5, 5.41) is 2.76. The average molecular weight is 547 g/mol. The molecule has 0 radical (unpaired) electrons. The van der Waals surface area contributed by atoms with Crippen LogP contribution in [0.1, 0.15) is 48.4 Å². The highest BCUT2D eigenvalue weighted by Gasteiger charge is 2.56. The number of imide groups is 1. The van der Waals surface area contributed by atoms with E-state index in [1.807, 2.05) is 12.1 Å². The second-order valence-electron chi connectivity index (χ2n) is 10.5. The first-order chi connectivity index (χ1) is 18.5. The Morgan fingerprint density at radius 2 is 1.79 bits per heavy atom. The molecule has 208 valence electrons. The van der Waals surface area contributed by atoms with Crippen LogP contribution in [0.25, 0.3) is 0 Å². The van der Waals surface area contributed by atoms with Gasteiger partial charge in [-0.2, -0.15) is 13.2 Å². The molecule has 1 spiro atoms. The first kappa shape index (κ1) is 27.1. The van der Waals surface area contributed by atoms with Gasteiger partial charge < -0.3 is 10.2 Å². The minimum Gasteiger partial charge on any atom is -0.325 e. The van der Waals surface area contributed by atoms with Crippen LogP contribution in [0, 0.1) is 5.82 Å². The molecule has 2 heterocycles. The molecule has 2 atom stereocenters. The number of hydrogen-bond acceptors (Lipinski definition) is 4. The van der Waals surface area contributed by atoms with E-state index in [2.05, 4.69) is 10.2 Å². The summed E-state index contributed by atoms with van der Waals surface area (Å²) in [6, 6.07) is 7.42. The van der Waals surface area contributed by atoms with Gasteiger partial charge in [0, 0.05) is 13.1 Å². The zero-order valence-electron chi connectivity index (χ0n) is 21.6. The molecule has 0 saturated carbocycles. The lowest BCUT2D eigenvalue weighted by molar-refractivity contribution is -0.187. The van der Waals surface area contributed by atoms with E-state index in [1.165, 1.54) is 12.1 Å². The van der Waals surface area contributed by atoms with Crippen molar-refractivity contribution in [3.05, 3.63) is 70.5 Å². The van der Waals surface area contributed by atoms with Crippen LogP contribution in [0.5, 0.6) is 0 Å². The Morgan fingerprint density at radius 1 is 1.10 bits per heavy atom. The highest BCUT2D eigenvalue weighted by atomic mass is 19.4. The van der Waals surface area contributed by atoms with Crippen LogP contribution in [0.3, 0.4) is 0 Å². The quantitative estimate of drug-likeness (QED) is 0.420. The molecule has 2 aliphatic heterocycles. The number of alkyl halides is 3. The molecule has 11 heteroatoms. The van der Waals surface area contributed by atoms with E-state index in [-0.39, 0.29) is 5.56 Å². The zero-order valence-corrected chi connectivity index (χ0v) is 21.6. The topological polar surface area (TPSA) is 73.0 Å². The van der Waals surface area contributed by atoms with Crippen LogP contribution in [0.15, 0.2) is 42.5 Å². The summed E-state index contributed by atoms with van der Waals surface area (Å²) < 4.78 is 54.3. The number of likely N-dealkylation sites (tertiary alicyclic amines) is 1. The van der Waals surface area contributed by atoms with E-state index in [0.29, 0.717) is 28.2 Å². The second kappa shape index (κ2) is 10.3. The van der Waals surface area contributed by atoms with Crippen molar-refractivity contribution in [3.8, 4) is 0 Å². The number of benzene rings is 2. The van der Waals surface area contributed by atoms with Gasteiger partial charge in [0.1, 0.15) is 23.9 Å². The Kier molecular flexibility index (Phi) is 7.13. The van der Waals surface area contributed by atoms with E-state index < -0.39 is 54.5 Å². The molecular formula is C28H30F4N4O3. The fraction of sp³-hybridized carbons (Fsp3) is 0.464. The molecule has 0 bridgehead atoms. The van der Waals surface area contributed by atoms with Gasteiger partial charge in [-0.3, -0.25) is 19.4 Å². The lowest BCUT2D eigenvalue weighted by Gasteiger charge is -2.32. The highest BCUT2D eigenvalue weighted by molar-refractivity contribution is 6.10. The number of urea groups is 1. The Labute approximate surface area is 223 Å². The lowest BCUT2D eigenvalue weighted by atomic mass is 9.90. The summed E-state index contributed by atoms with van der Waals surface area (Å²) in [5.41, 5.74) is 1.71. The van der Waals surface area contributed by atoms with Gasteiger partial charge in [-0.05, 0) is 80.1 Å². The predicted octanol–water partition coefficient (Wildman–Crippen LogP) is 4.09. The Morgan fingerprint density at radius 3 is 2.46 bits per heavy atom. The molecule has 5 rings (SSSR count). The Bertz CT molecular complexity index is 1280. The maximum absolute atomic E-state index is 13.7. The standard InChI is InChI=1S/C28H30F4N4O3/c1-18(28(30,31)32)35(15-19-7-9-21(29)10-8-19)24(37)17-36-25(38)27(33-26(36)39)12-11-22-20(5-4-6-23(22)27)16-34-13-2-3-14-34/h4-10,18H,2-3,11-17H2,1H3,(H,33,39)/t18-,27?/m0/s1. The van der Waals surface area contributed by atoms with Crippen LogP contribution >= 0.6 is 0 Å².